The van der Waals surface area contributed by atoms with Crippen LogP contribution in [0.4, 0.5) is 0 Å². The lowest BCUT2D eigenvalue weighted by molar-refractivity contribution is 0.364. The molecule has 140 valence electrons. The highest BCUT2D eigenvalue weighted by atomic mass is 16.5. The maximum absolute atomic E-state index is 9.79. The van der Waals surface area contributed by atoms with Gasteiger partial charge in [0.05, 0.1) is 30.0 Å². The predicted octanol–water partition coefficient (Wildman–Crippen LogP) is 3.72. The van der Waals surface area contributed by atoms with E-state index in [1.807, 2.05) is 62.4 Å². The molecule has 1 aromatic heterocycles. The maximum atomic E-state index is 9.79. The van der Waals surface area contributed by atoms with Gasteiger partial charge in [0.25, 0.3) is 0 Å². The van der Waals surface area contributed by atoms with Crippen molar-refractivity contribution in [2.45, 2.75) is 19.8 Å². The lowest BCUT2D eigenvalue weighted by Gasteiger charge is -2.26. The standard InChI is InChI=1S/C22H20N4O2/c1-13-8-10-15(11-9-13)26-22-19(14(2)25-26)20(17(12-23)21(24)28-22)16-6-4-5-7-18(16)27-3/h4-11,20H,24H2,1-3H3/t20-/m1/s1. The highest BCUT2D eigenvalue weighted by molar-refractivity contribution is 5.59. The van der Waals surface area contributed by atoms with Crippen LogP contribution in [0.2, 0.25) is 0 Å². The van der Waals surface area contributed by atoms with Crippen LogP contribution in [0, 0.1) is 25.2 Å². The second-order valence-electron chi connectivity index (χ2n) is 6.72. The van der Waals surface area contributed by atoms with Crippen molar-refractivity contribution in [1.82, 2.24) is 9.78 Å². The van der Waals surface area contributed by atoms with Gasteiger partial charge in [-0.25, -0.2) is 4.68 Å². The number of fused-ring (bicyclic) bond motifs is 1. The number of benzene rings is 2. The molecule has 6 heteroatoms. The number of aryl methyl sites for hydroxylation is 2. The van der Waals surface area contributed by atoms with Gasteiger partial charge in [-0.05, 0) is 32.0 Å². The first kappa shape index (κ1) is 17.7. The zero-order valence-corrected chi connectivity index (χ0v) is 15.9. The normalized spacial score (nSPS) is 15.6. The summed E-state index contributed by atoms with van der Waals surface area (Å²) >= 11 is 0. The Hall–Kier alpha value is -3.72. The van der Waals surface area contributed by atoms with Crippen molar-refractivity contribution >= 4 is 0 Å². The summed E-state index contributed by atoms with van der Waals surface area (Å²) in [5, 5.41) is 14.5. The van der Waals surface area contributed by atoms with E-state index in [4.69, 9.17) is 15.2 Å². The fraction of sp³-hybridized carbons (Fsp3) is 0.182. The molecule has 0 unspecified atom stereocenters. The molecule has 0 saturated heterocycles. The van der Waals surface area contributed by atoms with Gasteiger partial charge in [0.1, 0.15) is 17.4 Å². The molecule has 28 heavy (non-hydrogen) atoms. The second-order valence-corrected chi connectivity index (χ2v) is 6.72. The number of nitrogens with two attached hydrogens (primary N) is 1. The Labute approximate surface area is 163 Å². The molecule has 0 fully saturated rings. The van der Waals surface area contributed by atoms with Gasteiger partial charge in [-0.1, -0.05) is 35.9 Å². The van der Waals surface area contributed by atoms with Gasteiger partial charge in [-0.2, -0.15) is 10.4 Å². The molecule has 1 aliphatic heterocycles. The van der Waals surface area contributed by atoms with Crippen LogP contribution in [-0.2, 0) is 0 Å². The Balaban J connectivity index is 1.97. The number of hydrogen-bond donors (Lipinski definition) is 1. The molecule has 1 atom stereocenters. The number of nitrogens with zero attached hydrogens (tertiary/aromatic N) is 3. The molecule has 0 aliphatic carbocycles. The average molecular weight is 372 g/mol. The Kier molecular flexibility index (Phi) is 4.28. The van der Waals surface area contributed by atoms with E-state index in [2.05, 4.69) is 11.2 Å². The zero-order chi connectivity index (χ0) is 19.8. The summed E-state index contributed by atoms with van der Waals surface area (Å²) in [5.41, 5.74) is 11.0. The number of ether oxygens (including phenoxy) is 2. The Bertz CT molecular complexity index is 1120. The van der Waals surface area contributed by atoms with Crippen LogP contribution in [0.25, 0.3) is 5.69 Å². The van der Waals surface area contributed by atoms with Crippen LogP contribution in [-0.4, -0.2) is 16.9 Å². The smallest absolute Gasteiger partial charge is 0.229 e. The summed E-state index contributed by atoms with van der Waals surface area (Å²) in [7, 11) is 1.61. The lowest BCUT2D eigenvalue weighted by Crippen LogP contribution is -2.22. The SMILES string of the molecule is COc1ccccc1[C@@H]1C(C#N)=C(N)Oc2c1c(C)nn2-c1ccc(C)cc1. The summed E-state index contributed by atoms with van der Waals surface area (Å²) in [4.78, 5) is 0. The molecule has 1 aliphatic rings. The minimum atomic E-state index is -0.413. The third-order valence-electron chi connectivity index (χ3n) is 4.96. The van der Waals surface area contributed by atoms with Crippen LogP contribution < -0.4 is 15.2 Å². The molecule has 4 rings (SSSR count). The largest absolute Gasteiger partial charge is 0.496 e. The van der Waals surface area contributed by atoms with Gasteiger partial charge in [-0.3, -0.25) is 0 Å². The molecule has 0 saturated carbocycles. The predicted molar refractivity (Wildman–Crippen MR) is 105 cm³/mol. The van der Waals surface area contributed by atoms with Crippen molar-refractivity contribution in [1.29, 1.82) is 5.26 Å². The fourth-order valence-electron chi connectivity index (χ4n) is 3.59. The van der Waals surface area contributed by atoms with E-state index < -0.39 is 5.92 Å². The number of para-hydroxylation sites is 1. The van der Waals surface area contributed by atoms with Gasteiger partial charge in [0, 0.05) is 5.56 Å². The van der Waals surface area contributed by atoms with Crippen molar-refractivity contribution in [2.75, 3.05) is 7.11 Å². The van der Waals surface area contributed by atoms with E-state index in [1.54, 1.807) is 11.8 Å². The molecule has 6 nitrogen and oxygen atoms in total. The number of rotatable bonds is 3. The first-order chi connectivity index (χ1) is 13.5. The summed E-state index contributed by atoms with van der Waals surface area (Å²) in [6.45, 7) is 3.94. The highest BCUT2D eigenvalue weighted by Crippen LogP contribution is 2.46. The molecular weight excluding hydrogens is 352 g/mol. The number of methoxy groups -OCH3 is 1. The molecular formula is C22H20N4O2. The van der Waals surface area contributed by atoms with Crippen molar-refractivity contribution in [3.8, 4) is 23.4 Å². The summed E-state index contributed by atoms with van der Waals surface area (Å²) in [6.07, 6.45) is 0. The number of hydrogen-bond acceptors (Lipinski definition) is 5. The Morgan fingerprint density at radius 3 is 2.54 bits per heavy atom. The maximum Gasteiger partial charge on any atom is 0.229 e. The topological polar surface area (TPSA) is 86.1 Å². The summed E-state index contributed by atoms with van der Waals surface area (Å²) in [5.74, 6) is 0.875. The second kappa shape index (κ2) is 6.78. The van der Waals surface area contributed by atoms with E-state index in [1.165, 1.54) is 0 Å². The van der Waals surface area contributed by atoms with Crippen molar-refractivity contribution in [3.63, 3.8) is 0 Å². The van der Waals surface area contributed by atoms with E-state index in [0.29, 0.717) is 17.2 Å². The molecule has 3 aromatic rings. The van der Waals surface area contributed by atoms with Gasteiger partial charge in [0.2, 0.25) is 11.8 Å². The minimum absolute atomic E-state index is 0.0826. The van der Waals surface area contributed by atoms with Gasteiger partial charge >= 0.3 is 0 Å². The summed E-state index contributed by atoms with van der Waals surface area (Å²) in [6, 6.07) is 17.8. The Morgan fingerprint density at radius 1 is 1.14 bits per heavy atom. The first-order valence-corrected chi connectivity index (χ1v) is 8.92. The highest BCUT2D eigenvalue weighted by Gasteiger charge is 2.37. The first-order valence-electron chi connectivity index (χ1n) is 8.92. The van der Waals surface area contributed by atoms with Crippen LogP contribution >= 0.6 is 0 Å². The number of allylic oxidation sites excluding steroid dienone is 1. The Morgan fingerprint density at radius 2 is 1.86 bits per heavy atom. The quantitative estimate of drug-likeness (QED) is 0.757. The zero-order valence-electron chi connectivity index (χ0n) is 15.9. The third-order valence-corrected chi connectivity index (χ3v) is 4.96. The molecule has 0 spiro atoms. The van der Waals surface area contributed by atoms with Crippen LogP contribution in [0.3, 0.4) is 0 Å². The minimum Gasteiger partial charge on any atom is -0.496 e. The third kappa shape index (κ3) is 2.69. The van der Waals surface area contributed by atoms with Gasteiger partial charge < -0.3 is 15.2 Å². The molecule has 2 N–H and O–H groups in total. The van der Waals surface area contributed by atoms with E-state index in [0.717, 1.165) is 28.1 Å². The van der Waals surface area contributed by atoms with E-state index in [-0.39, 0.29) is 5.88 Å². The van der Waals surface area contributed by atoms with Crippen LogP contribution in [0.15, 0.2) is 60.0 Å². The molecule has 2 heterocycles. The summed E-state index contributed by atoms with van der Waals surface area (Å²) < 4.78 is 13.2. The molecule has 2 aromatic carbocycles. The fourth-order valence-corrected chi connectivity index (χ4v) is 3.59. The number of nitriles is 1. The van der Waals surface area contributed by atoms with E-state index in [9.17, 15) is 5.26 Å². The van der Waals surface area contributed by atoms with Crippen LogP contribution in [0.1, 0.15) is 28.3 Å². The molecule has 0 amide bonds. The molecule has 0 radical (unpaired) electrons. The monoisotopic (exact) mass is 372 g/mol. The van der Waals surface area contributed by atoms with Gasteiger partial charge in [-0.15, -0.1) is 0 Å². The average Bonchev–Trinajstić information content (AvgIpc) is 3.03. The van der Waals surface area contributed by atoms with Crippen molar-refractivity contribution in [2.24, 2.45) is 5.73 Å². The van der Waals surface area contributed by atoms with Crippen LogP contribution in [0.5, 0.6) is 11.6 Å². The lowest BCUT2D eigenvalue weighted by atomic mass is 9.83. The number of aromatic nitrogens is 2. The van der Waals surface area contributed by atoms with Gasteiger partial charge in [0.15, 0.2) is 0 Å². The molecule has 0 bridgehead atoms. The van der Waals surface area contributed by atoms with Crippen molar-refractivity contribution < 1.29 is 9.47 Å². The van der Waals surface area contributed by atoms with Crippen molar-refractivity contribution in [3.05, 3.63) is 82.4 Å². The van der Waals surface area contributed by atoms with E-state index >= 15 is 0 Å².